The van der Waals surface area contributed by atoms with Crippen molar-refractivity contribution in [1.29, 1.82) is 0 Å². The second-order valence-corrected chi connectivity index (χ2v) is 10.9. The molecule has 3 aromatic rings. The van der Waals surface area contributed by atoms with E-state index in [0.717, 1.165) is 36.0 Å². The lowest BCUT2D eigenvalue weighted by Gasteiger charge is -2.15. The number of thiazole rings is 1. The smallest absolute Gasteiger partial charge is 0.279 e. The zero-order valence-corrected chi connectivity index (χ0v) is 19.7. The van der Waals surface area contributed by atoms with E-state index in [1.165, 1.54) is 38.9 Å². The molecule has 0 unspecified atom stereocenters. The van der Waals surface area contributed by atoms with Crippen LogP contribution in [0.25, 0.3) is 10.2 Å². The van der Waals surface area contributed by atoms with Gasteiger partial charge in [-0.15, -0.1) is 0 Å². The van der Waals surface area contributed by atoms with Crippen molar-refractivity contribution in [2.45, 2.75) is 51.5 Å². The maximum Gasteiger partial charge on any atom is 0.279 e. The molecule has 1 saturated heterocycles. The van der Waals surface area contributed by atoms with E-state index in [-0.39, 0.29) is 10.8 Å². The first-order valence-corrected chi connectivity index (χ1v) is 12.9. The number of aromatic nitrogens is 1. The van der Waals surface area contributed by atoms with Crippen LogP contribution in [0, 0.1) is 13.8 Å². The first-order valence-electron chi connectivity index (χ1n) is 10.6. The largest absolute Gasteiger partial charge is 0.316 e. The van der Waals surface area contributed by atoms with E-state index in [1.807, 2.05) is 0 Å². The summed E-state index contributed by atoms with van der Waals surface area (Å²) in [7, 11) is -3.49. The van der Waals surface area contributed by atoms with Crippen LogP contribution < -0.4 is 4.80 Å². The lowest BCUT2D eigenvalue weighted by molar-refractivity contribution is 0.0997. The number of nitrogens with zero attached hydrogens (tertiary/aromatic N) is 3. The van der Waals surface area contributed by atoms with Crippen LogP contribution in [0.4, 0.5) is 0 Å². The summed E-state index contributed by atoms with van der Waals surface area (Å²) in [5.41, 5.74) is 3.84. The minimum absolute atomic E-state index is 0.222. The molecule has 31 heavy (non-hydrogen) atoms. The van der Waals surface area contributed by atoms with Crippen LogP contribution in [-0.4, -0.2) is 36.3 Å². The van der Waals surface area contributed by atoms with E-state index in [9.17, 15) is 13.2 Å². The van der Waals surface area contributed by atoms with Gasteiger partial charge in [0.1, 0.15) is 0 Å². The Kier molecular flexibility index (Phi) is 6.14. The van der Waals surface area contributed by atoms with Crippen molar-refractivity contribution < 1.29 is 13.2 Å². The summed E-state index contributed by atoms with van der Waals surface area (Å²) in [6, 6.07) is 10.4. The zero-order valence-electron chi connectivity index (χ0n) is 18.1. The first-order chi connectivity index (χ1) is 14.8. The lowest BCUT2D eigenvalue weighted by atomic mass is 10.1. The fourth-order valence-corrected chi connectivity index (χ4v) is 6.66. The van der Waals surface area contributed by atoms with Gasteiger partial charge in [-0.3, -0.25) is 4.79 Å². The van der Waals surface area contributed by atoms with E-state index in [1.54, 1.807) is 12.1 Å². The van der Waals surface area contributed by atoms with Gasteiger partial charge in [0.2, 0.25) is 10.0 Å². The van der Waals surface area contributed by atoms with Crippen LogP contribution in [0.2, 0.25) is 0 Å². The molecule has 2 aromatic carbocycles. The molecule has 8 heteroatoms. The van der Waals surface area contributed by atoms with E-state index < -0.39 is 10.0 Å². The Bertz CT molecular complexity index is 1300. The molecule has 4 rings (SSSR count). The van der Waals surface area contributed by atoms with Gasteiger partial charge in [0.05, 0.1) is 15.1 Å². The number of carbonyl (C=O) groups excluding carboxylic acids is 1. The van der Waals surface area contributed by atoms with Gasteiger partial charge in [0, 0.05) is 25.2 Å². The summed E-state index contributed by atoms with van der Waals surface area (Å²) in [4.78, 5) is 18.2. The lowest BCUT2D eigenvalue weighted by Crippen LogP contribution is -2.27. The highest BCUT2D eigenvalue weighted by Gasteiger charge is 2.27. The molecule has 164 valence electrons. The first kappa shape index (κ1) is 21.9. The standard InChI is InChI=1S/C23H27N3O3S2/c1-4-11-26-20-15-16(2)14-17(3)21(20)30-23(26)24-22(27)18-7-9-19(10-8-18)31(28,29)25-12-5-6-13-25/h7-10,14-15H,4-6,11-13H2,1-3H3. The maximum atomic E-state index is 12.9. The molecule has 6 nitrogen and oxygen atoms in total. The molecular formula is C23H27N3O3S2. The molecule has 0 radical (unpaired) electrons. The highest BCUT2D eigenvalue weighted by Crippen LogP contribution is 2.24. The number of rotatable bonds is 5. The normalized spacial score (nSPS) is 15.8. The van der Waals surface area contributed by atoms with Crippen molar-refractivity contribution in [1.82, 2.24) is 8.87 Å². The Hall–Kier alpha value is -2.29. The third kappa shape index (κ3) is 4.24. The summed E-state index contributed by atoms with van der Waals surface area (Å²) in [6.07, 6.45) is 2.71. The SMILES string of the molecule is CCCn1c(=NC(=O)c2ccc(S(=O)(=O)N3CCCC3)cc2)sc2c(C)cc(C)cc21. The van der Waals surface area contributed by atoms with Crippen molar-refractivity contribution in [2.75, 3.05) is 13.1 Å². The Labute approximate surface area is 186 Å². The number of sulfonamides is 1. The van der Waals surface area contributed by atoms with Gasteiger partial charge in [0.25, 0.3) is 5.91 Å². The zero-order chi connectivity index (χ0) is 22.2. The highest BCUT2D eigenvalue weighted by atomic mass is 32.2. The molecule has 1 aliphatic heterocycles. The molecule has 0 bridgehead atoms. The summed E-state index contributed by atoms with van der Waals surface area (Å²) in [5, 5.41) is 0. The molecular weight excluding hydrogens is 430 g/mol. The molecule has 1 fully saturated rings. The number of benzene rings is 2. The van der Waals surface area contributed by atoms with Crippen LogP contribution in [0.3, 0.4) is 0 Å². The van der Waals surface area contributed by atoms with Gasteiger partial charge in [-0.25, -0.2) is 8.42 Å². The summed E-state index contributed by atoms with van der Waals surface area (Å²) in [5.74, 6) is -0.365. The minimum Gasteiger partial charge on any atom is -0.316 e. The molecule has 0 aliphatic carbocycles. The molecule has 2 heterocycles. The van der Waals surface area contributed by atoms with Crippen molar-refractivity contribution in [3.8, 4) is 0 Å². The van der Waals surface area contributed by atoms with Gasteiger partial charge in [0.15, 0.2) is 4.80 Å². The maximum absolute atomic E-state index is 12.9. The average Bonchev–Trinajstić information content (AvgIpc) is 3.39. The summed E-state index contributed by atoms with van der Waals surface area (Å²) in [6.45, 7) is 8.14. The minimum atomic E-state index is -3.49. The van der Waals surface area contributed by atoms with Gasteiger partial charge < -0.3 is 4.57 Å². The molecule has 0 atom stereocenters. The molecule has 0 spiro atoms. The summed E-state index contributed by atoms with van der Waals surface area (Å²) >= 11 is 1.52. The number of hydrogen-bond acceptors (Lipinski definition) is 4. The molecule has 1 aromatic heterocycles. The van der Waals surface area contributed by atoms with Crippen molar-refractivity contribution in [3.63, 3.8) is 0 Å². The molecule has 0 saturated carbocycles. The number of aryl methyl sites for hydroxylation is 3. The summed E-state index contributed by atoms with van der Waals surface area (Å²) < 4.78 is 30.1. The van der Waals surface area contributed by atoms with Crippen LogP contribution in [0.5, 0.6) is 0 Å². The van der Waals surface area contributed by atoms with E-state index in [2.05, 4.69) is 42.5 Å². The number of hydrogen-bond donors (Lipinski definition) is 0. The van der Waals surface area contributed by atoms with Crippen LogP contribution in [0.1, 0.15) is 47.7 Å². The van der Waals surface area contributed by atoms with Crippen LogP contribution >= 0.6 is 11.3 Å². The Balaban J connectivity index is 1.70. The second-order valence-electron chi connectivity index (χ2n) is 8.02. The second kappa shape index (κ2) is 8.68. The van der Waals surface area contributed by atoms with E-state index in [4.69, 9.17) is 0 Å². The monoisotopic (exact) mass is 457 g/mol. The number of fused-ring (bicyclic) bond motifs is 1. The fourth-order valence-electron chi connectivity index (χ4n) is 4.04. The Morgan fingerprint density at radius 2 is 1.77 bits per heavy atom. The third-order valence-corrected chi connectivity index (χ3v) is 8.71. The molecule has 1 amide bonds. The topological polar surface area (TPSA) is 71.7 Å². The predicted octanol–water partition coefficient (Wildman–Crippen LogP) is 4.26. The highest BCUT2D eigenvalue weighted by molar-refractivity contribution is 7.89. The van der Waals surface area contributed by atoms with E-state index >= 15 is 0 Å². The van der Waals surface area contributed by atoms with Gasteiger partial charge >= 0.3 is 0 Å². The van der Waals surface area contributed by atoms with Crippen LogP contribution in [0.15, 0.2) is 46.3 Å². The Morgan fingerprint density at radius 3 is 2.42 bits per heavy atom. The van der Waals surface area contributed by atoms with Gasteiger partial charge in [-0.1, -0.05) is 24.3 Å². The Morgan fingerprint density at radius 1 is 1.10 bits per heavy atom. The molecule has 1 aliphatic rings. The number of carbonyl (C=O) groups is 1. The fraction of sp³-hybridized carbons (Fsp3) is 0.391. The van der Waals surface area contributed by atoms with Crippen molar-refractivity contribution >= 4 is 37.5 Å². The number of amides is 1. The molecule has 0 N–H and O–H groups in total. The van der Waals surface area contributed by atoms with Gasteiger partial charge in [-0.2, -0.15) is 9.30 Å². The van der Waals surface area contributed by atoms with Crippen LogP contribution in [-0.2, 0) is 16.6 Å². The average molecular weight is 458 g/mol. The van der Waals surface area contributed by atoms with Crippen molar-refractivity contribution in [2.24, 2.45) is 4.99 Å². The van der Waals surface area contributed by atoms with E-state index in [0.29, 0.717) is 23.5 Å². The predicted molar refractivity (Wildman–Crippen MR) is 124 cm³/mol. The van der Waals surface area contributed by atoms with Gasteiger partial charge in [-0.05, 0) is 74.6 Å². The quantitative estimate of drug-likeness (QED) is 0.575. The van der Waals surface area contributed by atoms with Crippen molar-refractivity contribution in [3.05, 3.63) is 57.9 Å². The third-order valence-electron chi connectivity index (χ3n) is 5.56.